The van der Waals surface area contributed by atoms with Gasteiger partial charge in [0.2, 0.25) is 11.8 Å². The third kappa shape index (κ3) is 3.71. The van der Waals surface area contributed by atoms with E-state index in [1.807, 2.05) is 9.80 Å². The zero-order valence-corrected chi connectivity index (χ0v) is 14.7. The van der Waals surface area contributed by atoms with Gasteiger partial charge in [0.25, 0.3) is 0 Å². The highest BCUT2D eigenvalue weighted by Crippen LogP contribution is 2.22. The fraction of sp³-hybridized carbons (Fsp3) is 0.579. The highest BCUT2D eigenvalue weighted by Gasteiger charge is 2.31. The molecule has 0 bridgehead atoms. The quantitative estimate of drug-likeness (QED) is 0.832. The highest BCUT2D eigenvalue weighted by atomic mass is 16.2. The van der Waals surface area contributed by atoms with Crippen molar-refractivity contribution in [3.63, 3.8) is 0 Å². The van der Waals surface area contributed by atoms with Crippen LogP contribution >= 0.6 is 0 Å². The van der Waals surface area contributed by atoms with Crippen molar-refractivity contribution in [2.45, 2.75) is 26.7 Å². The Labute approximate surface area is 144 Å². The van der Waals surface area contributed by atoms with Crippen LogP contribution in [0, 0.1) is 12.8 Å². The van der Waals surface area contributed by atoms with E-state index in [1.165, 1.54) is 11.3 Å². The molecule has 2 fully saturated rings. The number of benzene rings is 1. The van der Waals surface area contributed by atoms with Crippen molar-refractivity contribution >= 4 is 17.5 Å². The van der Waals surface area contributed by atoms with Crippen LogP contribution in [0.3, 0.4) is 0 Å². The molecule has 5 heteroatoms. The van der Waals surface area contributed by atoms with Crippen molar-refractivity contribution < 1.29 is 9.59 Å². The second-order valence-corrected chi connectivity index (χ2v) is 6.96. The largest absolute Gasteiger partial charge is 0.368 e. The molecule has 2 amide bonds. The van der Waals surface area contributed by atoms with E-state index in [1.54, 1.807) is 6.92 Å². The molecule has 3 rings (SSSR count). The van der Waals surface area contributed by atoms with Gasteiger partial charge in [0.1, 0.15) is 0 Å². The van der Waals surface area contributed by atoms with E-state index in [4.69, 9.17) is 0 Å². The van der Waals surface area contributed by atoms with E-state index in [9.17, 15) is 9.59 Å². The molecule has 1 atom stereocenters. The van der Waals surface area contributed by atoms with E-state index >= 15 is 0 Å². The first-order valence-electron chi connectivity index (χ1n) is 8.90. The molecule has 2 aliphatic heterocycles. The number of anilines is 1. The van der Waals surface area contributed by atoms with Gasteiger partial charge in [-0.15, -0.1) is 0 Å². The maximum absolute atomic E-state index is 12.8. The molecule has 0 N–H and O–H groups in total. The van der Waals surface area contributed by atoms with Gasteiger partial charge in [0.15, 0.2) is 0 Å². The molecule has 5 nitrogen and oxygen atoms in total. The van der Waals surface area contributed by atoms with E-state index in [0.717, 1.165) is 45.6 Å². The maximum atomic E-state index is 12.8. The van der Waals surface area contributed by atoms with Crippen molar-refractivity contribution in [2.24, 2.45) is 5.92 Å². The Balaban J connectivity index is 1.56. The summed E-state index contributed by atoms with van der Waals surface area (Å²) in [6.45, 7) is 8.36. The Morgan fingerprint density at radius 2 is 1.79 bits per heavy atom. The Morgan fingerprint density at radius 1 is 1.04 bits per heavy atom. The lowest BCUT2D eigenvalue weighted by Crippen LogP contribution is -2.53. The molecule has 0 aliphatic carbocycles. The molecule has 2 heterocycles. The molecule has 2 saturated heterocycles. The molecule has 1 aromatic carbocycles. The van der Waals surface area contributed by atoms with Crippen LogP contribution in [0.4, 0.5) is 5.69 Å². The van der Waals surface area contributed by atoms with E-state index in [0.29, 0.717) is 6.54 Å². The second-order valence-electron chi connectivity index (χ2n) is 6.96. The number of nitrogens with zero attached hydrogens (tertiary/aromatic N) is 3. The zero-order chi connectivity index (χ0) is 17.1. The third-order valence-electron chi connectivity index (χ3n) is 5.17. The first kappa shape index (κ1) is 16.8. The fourth-order valence-corrected chi connectivity index (χ4v) is 3.73. The summed E-state index contributed by atoms with van der Waals surface area (Å²) in [5.41, 5.74) is 2.50. The number of carbonyl (C=O) groups is 2. The number of carbonyl (C=O) groups excluding carboxylic acids is 2. The summed E-state index contributed by atoms with van der Waals surface area (Å²) in [6.07, 6.45) is 1.83. The first-order chi connectivity index (χ1) is 11.5. The van der Waals surface area contributed by atoms with Crippen molar-refractivity contribution in [1.29, 1.82) is 0 Å². The standard InChI is InChI=1S/C19H27N3O2/c1-15-5-3-7-18(13-15)20-9-11-21(12-10-20)19(24)17-6-4-8-22(14-17)16(2)23/h3,5,7,13,17H,4,6,8-12,14H2,1-2H3. The number of piperidine rings is 1. The van der Waals surface area contributed by atoms with Gasteiger partial charge in [-0.3, -0.25) is 9.59 Å². The number of rotatable bonds is 2. The van der Waals surface area contributed by atoms with Gasteiger partial charge in [-0.25, -0.2) is 0 Å². The predicted octanol–water partition coefficient (Wildman–Crippen LogP) is 1.90. The van der Waals surface area contributed by atoms with Gasteiger partial charge >= 0.3 is 0 Å². The topological polar surface area (TPSA) is 43.9 Å². The minimum absolute atomic E-state index is 0.0202. The average Bonchev–Trinajstić information content (AvgIpc) is 2.61. The second kappa shape index (κ2) is 7.24. The molecule has 0 aromatic heterocycles. The summed E-state index contributed by atoms with van der Waals surface area (Å²) in [6, 6.07) is 8.52. The van der Waals surface area contributed by atoms with Crippen LogP contribution in [0.15, 0.2) is 24.3 Å². The molecule has 0 radical (unpaired) electrons. The molecule has 1 unspecified atom stereocenters. The fourth-order valence-electron chi connectivity index (χ4n) is 3.73. The SMILES string of the molecule is CC(=O)N1CCCC(C(=O)N2CCN(c3cccc(C)c3)CC2)C1. The minimum atomic E-state index is -0.0202. The van der Waals surface area contributed by atoms with Gasteiger partial charge in [-0.1, -0.05) is 12.1 Å². The Kier molecular flexibility index (Phi) is 5.07. The van der Waals surface area contributed by atoms with Gasteiger partial charge in [0, 0.05) is 51.9 Å². The van der Waals surface area contributed by atoms with Crippen LogP contribution in [0.1, 0.15) is 25.3 Å². The lowest BCUT2D eigenvalue weighted by molar-refractivity contribution is -0.140. The first-order valence-corrected chi connectivity index (χ1v) is 8.90. The van der Waals surface area contributed by atoms with Crippen LogP contribution in [-0.4, -0.2) is 60.9 Å². The molecule has 0 saturated carbocycles. The number of likely N-dealkylation sites (tertiary alicyclic amines) is 1. The van der Waals surface area contributed by atoms with Gasteiger partial charge in [-0.2, -0.15) is 0 Å². The van der Waals surface area contributed by atoms with Crippen LogP contribution in [0.5, 0.6) is 0 Å². The van der Waals surface area contributed by atoms with Crippen molar-refractivity contribution in [3.8, 4) is 0 Å². The number of hydrogen-bond acceptors (Lipinski definition) is 3. The Hall–Kier alpha value is -2.04. The Morgan fingerprint density at radius 3 is 2.46 bits per heavy atom. The number of amides is 2. The van der Waals surface area contributed by atoms with E-state index in [2.05, 4.69) is 36.1 Å². The summed E-state index contributed by atoms with van der Waals surface area (Å²) in [5, 5.41) is 0. The van der Waals surface area contributed by atoms with Crippen molar-refractivity contribution in [2.75, 3.05) is 44.2 Å². The minimum Gasteiger partial charge on any atom is -0.368 e. The number of aryl methyl sites for hydroxylation is 1. The van der Waals surface area contributed by atoms with Crippen LogP contribution in [0.2, 0.25) is 0 Å². The lowest BCUT2D eigenvalue weighted by Gasteiger charge is -2.39. The number of hydrogen-bond donors (Lipinski definition) is 0. The normalized spacial score (nSPS) is 21.8. The molecule has 24 heavy (non-hydrogen) atoms. The number of piperazine rings is 1. The molecular formula is C19H27N3O2. The average molecular weight is 329 g/mol. The molecule has 2 aliphatic rings. The van der Waals surface area contributed by atoms with Crippen LogP contribution < -0.4 is 4.90 Å². The summed E-state index contributed by atoms with van der Waals surface area (Å²) in [4.78, 5) is 30.5. The van der Waals surface area contributed by atoms with Crippen LogP contribution in [-0.2, 0) is 9.59 Å². The summed E-state index contributed by atoms with van der Waals surface area (Å²) >= 11 is 0. The van der Waals surface area contributed by atoms with Crippen molar-refractivity contribution in [3.05, 3.63) is 29.8 Å². The van der Waals surface area contributed by atoms with E-state index < -0.39 is 0 Å². The predicted molar refractivity (Wildman–Crippen MR) is 95.0 cm³/mol. The van der Waals surface area contributed by atoms with Gasteiger partial charge in [-0.05, 0) is 37.5 Å². The van der Waals surface area contributed by atoms with Gasteiger partial charge < -0.3 is 14.7 Å². The molecule has 0 spiro atoms. The lowest BCUT2D eigenvalue weighted by atomic mass is 9.96. The summed E-state index contributed by atoms with van der Waals surface area (Å²) in [7, 11) is 0. The Bertz CT molecular complexity index is 608. The monoisotopic (exact) mass is 329 g/mol. The molecular weight excluding hydrogens is 302 g/mol. The maximum Gasteiger partial charge on any atom is 0.227 e. The summed E-state index contributed by atoms with van der Waals surface area (Å²) in [5.74, 6) is 0.287. The van der Waals surface area contributed by atoms with E-state index in [-0.39, 0.29) is 17.7 Å². The van der Waals surface area contributed by atoms with Gasteiger partial charge in [0.05, 0.1) is 5.92 Å². The zero-order valence-electron chi connectivity index (χ0n) is 14.7. The van der Waals surface area contributed by atoms with Crippen molar-refractivity contribution in [1.82, 2.24) is 9.80 Å². The van der Waals surface area contributed by atoms with Crippen LogP contribution in [0.25, 0.3) is 0 Å². The third-order valence-corrected chi connectivity index (χ3v) is 5.17. The summed E-state index contributed by atoms with van der Waals surface area (Å²) < 4.78 is 0. The smallest absolute Gasteiger partial charge is 0.227 e. The molecule has 130 valence electrons. The highest BCUT2D eigenvalue weighted by molar-refractivity contribution is 5.81. The molecule has 1 aromatic rings.